The van der Waals surface area contributed by atoms with Gasteiger partial charge in [-0.2, -0.15) is 57.8 Å². The Labute approximate surface area is 709 Å². The fraction of sp³-hybridized carbons (Fsp3) is 0.373. The van der Waals surface area contributed by atoms with Gasteiger partial charge in [0.2, 0.25) is 5.91 Å². The van der Waals surface area contributed by atoms with Gasteiger partial charge in [-0.1, -0.05) is 6.08 Å². The first-order valence-corrected chi connectivity index (χ1v) is 40.3. The number of aliphatic hydroxyl groups excluding tert-OH is 1. The van der Waals surface area contributed by atoms with Gasteiger partial charge in [-0.3, -0.25) is 36.9 Å². The predicted octanol–water partition coefficient (Wildman–Crippen LogP) is 10.6. The van der Waals surface area contributed by atoms with Gasteiger partial charge >= 0.3 is 24.7 Å². The third-order valence-electron chi connectivity index (χ3n) is 23.1. The van der Waals surface area contributed by atoms with E-state index in [0.29, 0.717) is 145 Å². The number of rotatable bonds is 12. The van der Waals surface area contributed by atoms with Crippen molar-refractivity contribution in [3.05, 3.63) is 199 Å². The van der Waals surface area contributed by atoms with Gasteiger partial charge in [-0.05, 0) is 105 Å². The number of nitrogens with zero attached hydrogens (tertiary/aromatic N) is 25. The van der Waals surface area contributed by atoms with Gasteiger partial charge in [0.1, 0.15) is 74.2 Å². The summed E-state index contributed by atoms with van der Waals surface area (Å²) in [5, 5.41) is 19.9. The standard InChI is InChI=1S/C26H24F3N9O2.C20H21F3N6O.C19H19F3N6.C18H17F3N6O/c27-26(28,29)19-1-2-22-32-13-20(38(22)15-19)24-31-6-4-23(34-24)35-7-8-37(21(16-35)17-3-5-30-11-17)25(40)18-12-33-36(14-18)9-10-39;1-12-9-27(10-13(2)29(12)14(3)30)18-6-7-24-19(26-18)16-8-25-17-5-4-15(11-28(16)17)20(21,22)23;20-19(21,22)13-2-3-15-25-8-14(28(15)9-13)17-24-6-4-16(26-17)27-7-1-5-18(12-27)10-23-11-18;19-18(20,21)12-1-2-14-24-7-13(27(14)8-12)16-23-4-3-15(25-16)26-5-6-28-17(11-26)9-22-10-17/h1-4,6,11-15,21,39H,5,7-10,16H2;4-8,11-13H,9-10H2,1-3H3;2-4,6,8-9,23H,1,5,7,10-12H2;1-4,7-8,22H,5-6,9-11H2/t;12-,13+;;. The van der Waals surface area contributed by atoms with Crippen molar-refractivity contribution in [3.63, 3.8) is 0 Å². The molecule has 0 radical (unpaired) electrons. The highest BCUT2D eigenvalue weighted by Crippen LogP contribution is 2.40. The van der Waals surface area contributed by atoms with Crippen LogP contribution in [0.15, 0.2) is 176 Å². The van der Waals surface area contributed by atoms with Crippen LogP contribution in [0.25, 0.3) is 68.7 Å². The molecule has 43 heteroatoms. The normalized spacial score (nSPS) is 18.9. The summed E-state index contributed by atoms with van der Waals surface area (Å²) in [6, 6.07) is 16.2. The van der Waals surface area contributed by atoms with E-state index in [1.54, 1.807) is 67.2 Å². The molecule has 7 aliphatic rings. The van der Waals surface area contributed by atoms with E-state index in [4.69, 9.17) is 4.74 Å². The number of piperidine rings is 1. The van der Waals surface area contributed by atoms with Crippen LogP contribution < -0.4 is 30.2 Å². The quantitative estimate of drug-likeness (QED) is 0.0957. The number of amides is 2. The third-order valence-corrected chi connectivity index (χ3v) is 23.1. The highest BCUT2D eigenvalue weighted by molar-refractivity contribution is 5.96. The number of aliphatic hydroxyl groups is 1. The Hall–Kier alpha value is -13.2. The number of anilines is 4. The molecule has 3 atom stereocenters. The summed E-state index contributed by atoms with van der Waals surface area (Å²) >= 11 is 0. The molecule has 7 aliphatic heterocycles. The number of carbonyl (C=O) groups is 2. The second kappa shape index (κ2) is 34.1. The van der Waals surface area contributed by atoms with E-state index in [1.165, 1.54) is 84.0 Å². The van der Waals surface area contributed by atoms with Gasteiger partial charge in [0.05, 0.1) is 97.7 Å². The molecule has 13 aromatic rings. The van der Waals surface area contributed by atoms with E-state index in [0.717, 1.165) is 112 Å². The molecule has 31 nitrogen and oxygen atoms in total. The van der Waals surface area contributed by atoms with Crippen molar-refractivity contribution in [1.29, 1.82) is 0 Å². The van der Waals surface area contributed by atoms with Crippen LogP contribution in [-0.2, 0) is 40.8 Å². The second-order valence-electron chi connectivity index (χ2n) is 31.7. The highest BCUT2D eigenvalue weighted by Gasteiger charge is 2.45. The second-order valence-corrected chi connectivity index (χ2v) is 31.7. The van der Waals surface area contributed by atoms with Crippen molar-refractivity contribution in [3.8, 4) is 46.1 Å². The SMILES string of the molecule is CC(=O)N1[C@H](C)CN(c2ccnc(-c3cnc4ccc(C(F)(F)F)cn34)n2)C[C@@H]1C.FC(F)(F)c1ccc2ncc(-c3nccc(N4CCCC5(CNC5)C4)n3)n2c1.FC(F)(F)c1ccc2ncc(-c3nccc(N4CCOC5(CNC5)C4)n3)n2c1.O=C(c1cnn(CCO)c1)N1CCN(c2ccnc(-c3cnc4ccc(C(F)(F)F)cn34)n2)CC1C1=CCN=C1. The Kier molecular flexibility index (Phi) is 23.0. The monoisotopic (exact) mass is 1750 g/mol. The topological polar surface area (TPSA) is 310 Å². The maximum Gasteiger partial charge on any atom is 0.417 e. The highest BCUT2D eigenvalue weighted by atomic mass is 19.4. The first kappa shape index (κ1) is 85.0. The maximum absolute atomic E-state index is 13.5. The number of alkyl halides is 12. The number of ether oxygens (including phenoxy) is 1. The summed E-state index contributed by atoms with van der Waals surface area (Å²) < 4.78 is 171. The third kappa shape index (κ3) is 17.7. The van der Waals surface area contributed by atoms with Crippen LogP contribution in [0.2, 0.25) is 0 Å². The fourth-order valence-electron chi connectivity index (χ4n) is 16.8. The lowest BCUT2D eigenvalue weighted by molar-refractivity contribution is -0.138. The van der Waals surface area contributed by atoms with Crippen molar-refractivity contribution >= 4 is 63.9 Å². The van der Waals surface area contributed by atoms with Crippen molar-refractivity contribution in [2.45, 2.75) is 88.6 Å². The van der Waals surface area contributed by atoms with Crippen LogP contribution >= 0.6 is 0 Å². The van der Waals surface area contributed by atoms with Gasteiger partial charge in [-0.15, -0.1) is 0 Å². The lowest BCUT2D eigenvalue weighted by Crippen LogP contribution is -2.69. The minimum atomic E-state index is -4.50. The van der Waals surface area contributed by atoms with E-state index in [9.17, 15) is 67.4 Å². The zero-order valence-corrected chi connectivity index (χ0v) is 67.7. The number of piperazine rings is 2. The Morgan fingerprint density at radius 3 is 1.31 bits per heavy atom. The molecule has 656 valence electrons. The summed E-state index contributed by atoms with van der Waals surface area (Å²) in [4.78, 5) is 94.2. The molecule has 2 spiro atoms. The smallest absolute Gasteiger partial charge is 0.394 e. The van der Waals surface area contributed by atoms with Crippen LogP contribution in [0, 0.1) is 5.41 Å². The molecule has 20 rings (SSSR count). The van der Waals surface area contributed by atoms with Crippen LogP contribution in [0.1, 0.15) is 66.2 Å². The van der Waals surface area contributed by atoms with E-state index in [-0.39, 0.29) is 53.8 Å². The molecular formula is C83H81F12N27O4. The molecule has 2 amide bonds. The van der Waals surface area contributed by atoms with E-state index in [2.05, 4.69) is 95.2 Å². The van der Waals surface area contributed by atoms with Crippen LogP contribution in [0.5, 0.6) is 0 Å². The van der Waals surface area contributed by atoms with Crippen LogP contribution in [-0.4, -0.2) is 249 Å². The zero-order chi connectivity index (χ0) is 88.2. The molecule has 0 saturated carbocycles. The van der Waals surface area contributed by atoms with Crippen molar-refractivity contribution < 1.29 is 72.1 Å². The average molecular weight is 1750 g/mol. The molecular weight excluding hydrogens is 1670 g/mol. The number of imidazole rings is 4. The molecule has 20 heterocycles. The van der Waals surface area contributed by atoms with Gasteiger partial charge in [-0.25, -0.2) is 59.8 Å². The number of hydrogen-bond acceptors (Lipinski definition) is 24. The Morgan fingerprint density at radius 2 is 0.921 bits per heavy atom. The van der Waals surface area contributed by atoms with Crippen LogP contribution in [0.4, 0.5) is 76.0 Å². The molecule has 0 aromatic carbocycles. The Morgan fingerprint density at radius 1 is 0.492 bits per heavy atom. The number of morpholine rings is 1. The minimum absolute atomic E-state index is 0.00908. The molecule has 6 fully saturated rings. The Balaban J connectivity index is 0.000000120. The number of pyridine rings is 4. The van der Waals surface area contributed by atoms with E-state index in [1.807, 2.05) is 35.8 Å². The maximum atomic E-state index is 13.5. The van der Waals surface area contributed by atoms with Crippen molar-refractivity contribution in [2.75, 3.05) is 124 Å². The minimum Gasteiger partial charge on any atom is -0.394 e. The van der Waals surface area contributed by atoms with Gasteiger partial charge < -0.3 is 49.9 Å². The first-order valence-electron chi connectivity index (χ1n) is 40.3. The van der Waals surface area contributed by atoms with E-state index < -0.39 is 47.0 Å². The number of aromatic nitrogens is 18. The fourth-order valence-corrected chi connectivity index (χ4v) is 16.8. The van der Waals surface area contributed by atoms with Crippen LogP contribution in [0.3, 0.4) is 0 Å². The first-order chi connectivity index (χ1) is 60.3. The summed E-state index contributed by atoms with van der Waals surface area (Å²) in [5.41, 5.74) is 1.55. The number of aliphatic imine (C=N–C) groups is 1. The molecule has 1 unspecified atom stereocenters. The lowest BCUT2D eigenvalue weighted by Gasteiger charge is -2.49. The number of halogens is 12. The van der Waals surface area contributed by atoms with Crippen molar-refractivity contribution in [1.82, 2.24) is 108 Å². The predicted molar refractivity (Wildman–Crippen MR) is 437 cm³/mol. The summed E-state index contributed by atoms with van der Waals surface area (Å²) in [5.74, 6) is 3.84. The van der Waals surface area contributed by atoms with Gasteiger partial charge in [0, 0.05) is 165 Å². The average Bonchev–Trinajstić information content (AvgIpc) is 1.28. The molecule has 0 aliphatic carbocycles. The molecule has 6 saturated heterocycles. The summed E-state index contributed by atoms with van der Waals surface area (Å²) in [7, 11) is 0. The van der Waals surface area contributed by atoms with Gasteiger partial charge in [0.15, 0.2) is 23.3 Å². The van der Waals surface area contributed by atoms with Gasteiger partial charge in [0.25, 0.3) is 5.91 Å². The molecule has 3 N–H and O–H groups in total. The molecule has 126 heavy (non-hydrogen) atoms. The Bertz CT molecular complexity index is 6070. The summed E-state index contributed by atoms with van der Waals surface area (Å²) in [6.45, 7) is 16.3. The number of hydrogen-bond donors (Lipinski definition) is 3. The zero-order valence-electron chi connectivity index (χ0n) is 67.7. The van der Waals surface area contributed by atoms with E-state index >= 15 is 0 Å². The summed E-state index contributed by atoms with van der Waals surface area (Å²) in [6.07, 6.45) is 7.77. The largest absolute Gasteiger partial charge is 0.417 e. The van der Waals surface area contributed by atoms with Crippen molar-refractivity contribution in [2.24, 2.45) is 10.4 Å². The number of carbonyl (C=O) groups excluding carboxylic acids is 2. The molecule has 13 aromatic heterocycles. The molecule has 0 bridgehead atoms. The number of nitrogens with one attached hydrogen (secondary N) is 2. The lowest BCUT2D eigenvalue weighted by atomic mass is 9.75. The number of fused-ring (bicyclic) bond motifs is 4.